The number of nitrogens with zero attached hydrogens (tertiary/aromatic N) is 2. The summed E-state index contributed by atoms with van der Waals surface area (Å²) in [6.07, 6.45) is 1.92. The highest BCUT2D eigenvalue weighted by molar-refractivity contribution is 5.48. The maximum atomic E-state index is 4.42. The predicted molar refractivity (Wildman–Crippen MR) is 57.4 cm³/mol. The van der Waals surface area contributed by atoms with Gasteiger partial charge in [-0.05, 0) is 24.0 Å². The van der Waals surface area contributed by atoms with Crippen LogP contribution in [0.4, 0.5) is 5.82 Å². The fourth-order valence-electron chi connectivity index (χ4n) is 1.38. The summed E-state index contributed by atoms with van der Waals surface area (Å²) in [6.45, 7) is 6.48. The number of rotatable bonds is 2. The van der Waals surface area contributed by atoms with Crippen LogP contribution in [-0.4, -0.2) is 19.1 Å². The Morgan fingerprint density at radius 3 is 2.38 bits per heavy atom. The van der Waals surface area contributed by atoms with E-state index in [4.69, 9.17) is 0 Å². The molecule has 0 aromatic carbocycles. The smallest absolute Gasteiger partial charge is 0.131 e. The fourth-order valence-corrected chi connectivity index (χ4v) is 1.38. The minimum Gasteiger partial charge on any atom is -0.363 e. The molecular weight excluding hydrogens is 160 g/mol. The number of anilines is 1. The van der Waals surface area contributed by atoms with Crippen LogP contribution in [0.5, 0.6) is 0 Å². The lowest BCUT2D eigenvalue weighted by Crippen LogP contribution is -2.14. The second-order valence-electron chi connectivity index (χ2n) is 3.97. The standard InChI is InChI=1S/C11H18N2/c1-8(2)10-6-9(3)7-12-11(10)13(4)5/h6-8H,1-5H3. The van der Waals surface area contributed by atoms with Crippen molar-refractivity contribution in [2.24, 2.45) is 0 Å². The molecule has 1 aromatic rings. The van der Waals surface area contributed by atoms with Crippen LogP contribution in [0.25, 0.3) is 0 Å². The van der Waals surface area contributed by atoms with Gasteiger partial charge in [-0.1, -0.05) is 19.9 Å². The SMILES string of the molecule is Cc1cnc(N(C)C)c(C(C)C)c1. The van der Waals surface area contributed by atoms with E-state index in [9.17, 15) is 0 Å². The van der Waals surface area contributed by atoms with Crippen LogP contribution in [0.15, 0.2) is 12.3 Å². The molecule has 0 aliphatic carbocycles. The lowest BCUT2D eigenvalue weighted by atomic mass is 10.0. The molecule has 1 rings (SSSR count). The summed E-state index contributed by atoms with van der Waals surface area (Å²) >= 11 is 0. The Balaban J connectivity index is 3.19. The number of aryl methyl sites for hydroxylation is 1. The molecule has 0 bridgehead atoms. The Bertz CT molecular complexity index is 290. The van der Waals surface area contributed by atoms with Gasteiger partial charge in [0.2, 0.25) is 0 Å². The summed E-state index contributed by atoms with van der Waals surface area (Å²) in [4.78, 5) is 6.49. The van der Waals surface area contributed by atoms with Crippen LogP contribution in [0.1, 0.15) is 30.9 Å². The number of hydrogen-bond donors (Lipinski definition) is 0. The maximum absolute atomic E-state index is 4.42. The molecule has 13 heavy (non-hydrogen) atoms. The lowest BCUT2D eigenvalue weighted by Gasteiger charge is -2.18. The van der Waals surface area contributed by atoms with E-state index in [0.29, 0.717) is 5.92 Å². The number of hydrogen-bond acceptors (Lipinski definition) is 2. The van der Waals surface area contributed by atoms with Gasteiger partial charge >= 0.3 is 0 Å². The Morgan fingerprint density at radius 1 is 1.31 bits per heavy atom. The van der Waals surface area contributed by atoms with Crippen LogP contribution in [0.2, 0.25) is 0 Å². The molecule has 0 aliphatic rings. The second kappa shape index (κ2) is 3.77. The summed E-state index contributed by atoms with van der Waals surface area (Å²) in [5, 5.41) is 0. The first-order valence-electron chi connectivity index (χ1n) is 4.66. The Hall–Kier alpha value is -1.05. The Kier molecular flexibility index (Phi) is 2.91. The number of aromatic nitrogens is 1. The largest absolute Gasteiger partial charge is 0.363 e. The molecule has 2 heteroatoms. The van der Waals surface area contributed by atoms with Crippen molar-refractivity contribution < 1.29 is 0 Å². The zero-order chi connectivity index (χ0) is 10.0. The first-order chi connectivity index (χ1) is 6.02. The maximum Gasteiger partial charge on any atom is 0.131 e. The summed E-state index contributed by atoms with van der Waals surface area (Å²) in [5.74, 6) is 1.62. The van der Waals surface area contributed by atoms with Crippen molar-refractivity contribution in [3.63, 3.8) is 0 Å². The van der Waals surface area contributed by atoms with Gasteiger partial charge in [-0.15, -0.1) is 0 Å². The van der Waals surface area contributed by atoms with Crippen molar-refractivity contribution in [1.82, 2.24) is 4.98 Å². The van der Waals surface area contributed by atoms with Crippen molar-refractivity contribution in [2.75, 3.05) is 19.0 Å². The zero-order valence-electron chi connectivity index (χ0n) is 9.13. The van der Waals surface area contributed by atoms with Crippen LogP contribution in [0.3, 0.4) is 0 Å². The Morgan fingerprint density at radius 2 is 1.92 bits per heavy atom. The molecule has 72 valence electrons. The van der Waals surface area contributed by atoms with E-state index >= 15 is 0 Å². The van der Waals surface area contributed by atoms with E-state index in [1.165, 1.54) is 11.1 Å². The lowest BCUT2D eigenvalue weighted by molar-refractivity contribution is 0.844. The van der Waals surface area contributed by atoms with Gasteiger partial charge in [0.1, 0.15) is 5.82 Å². The summed E-state index contributed by atoms with van der Waals surface area (Å²) in [5.41, 5.74) is 2.55. The summed E-state index contributed by atoms with van der Waals surface area (Å²) < 4.78 is 0. The minimum absolute atomic E-state index is 0.532. The molecule has 1 aromatic heterocycles. The van der Waals surface area contributed by atoms with E-state index in [1.54, 1.807) is 0 Å². The third-order valence-corrected chi connectivity index (χ3v) is 2.08. The van der Waals surface area contributed by atoms with Gasteiger partial charge in [0.05, 0.1) is 0 Å². The van der Waals surface area contributed by atoms with Crippen molar-refractivity contribution in [2.45, 2.75) is 26.7 Å². The third-order valence-electron chi connectivity index (χ3n) is 2.08. The highest BCUT2D eigenvalue weighted by atomic mass is 15.1. The predicted octanol–water partition coefficient (Wildman–Crippen LogP) is 2.58. The van der Waals surface area contributed by atoms with Crippen molar-refractivity contribution in [1.29, 1.82) is 0 Å². The molecule has 1 heterocycles. The molecule has 0 spiro atoms. The third kappa shape index (κ3) is 2.20. The molecule has 0 saturated heterocycles. The van der Waals surface area contributed by atoms with E-state index in [-0.39, 0.29) is 0 Å². The summed E-state index contributed by atoms with van der Waals surface area (Å²) in [7, 11) is 4.06. The average Bonchev–Trinajstić information content (AvgIpc) is 2.03. The van der Waals surface area contributed by atoms with Gasteiger partial charge in [-0.2, -0.15) is 0 Å². The highest BCUT2D eigenvalue weighted by Gasteiger charge is 2.09. The van der Waals surface area contributed by atoms with E-state index in [2.05, 4.69) is 36.7 Å². The molecule has 0 atom stereocenters. The average molecular weight is 178 g/mol. The first kappa shape index (κ1) is 10.0. The molecule has 0 aliphatic heterocycles. The van der Waals surface area contributed by atoms with Crippen LogP contribution < -0.4 is 4.90 Å². The van der Waals surface area contributed by atoms with Gasteiger partial charge in [0.15, 0.2) is 0 Å². The zero-order valence-corrected chi connectivity index (χ0v) is 9.13. The molecule has 0 amide bonds. The molecule has 0 unspecified atom stereocenters. The molecule has 0 saturated carbocycles. The topological polar surface area (TPSA) is 16.1 Å². The minimum atomic E-state index is 0.532. The molecule has 0 N–H and O–H groups in total. The molecular formula is C11H18N2. The van der Waals surface area contributed by atoms with Gasteiger partial charge in [-0.3, -0.25) is 0 Å². The van der Waals surface area contributed by atoms with Crippen molar-refractivity contribution in [3.05, 3.63) is 23.4 Å². The normalized spacial score (nSPS) is 10.6. The van der Waals surface area contributed by atoms with Crippen LogP contribution in [-0.2, 0) is 0 Å². The first-order valence-corrected chi connectivity index (χ1v) is 4.66. The van der Waals surface area contributed by atoms with Crippen LogP contribution >= 0.6 is 0 Å². The van der Waals surface area contributed by atoms with E-state index < -0.39 is 0 Å². The van der Waals surface area contributed by atoms with Crippen LogP contribution in [0, 0.1) is 6.92 Å². The van der Waals surface area contributed by atoms with Gasteiger partial charge < -0.3 is 4.90 Å². The molecule has 0 radical (unpaired) electrons. The quantitative estimate of drug-likeness (QED) is 0.692. The number of pyridine rings is 1. The summed E-state index contributed by atoms with van der Waals surface area (Å²) in [6, 6.07) is 2.22. The van der Waals surface area contributed by atoms with E-state index in [1.807, 2.05) is 20.3 Å². The van der Waals surface area contributed by atoms with Gasteiger partial charge in [0.25, 0.3) is 0 Å². The highest BCUT2D eigenvalue weighted by Crippen LogP contribution is 2.24. The van der Waals surface area contributed by atoms with E-state index in [0.717, 1.165) is 5.82 Å². The Labute approximate surface area is 80.6 Å². The van der Waals surface area contributed by atoms with Crippen molar-refractivity contribution in [3.8, 4) is 0 Å². The fraction of sp³-hybridized carbons (Fsp3) is 0.545. The monoisotopic (exact) mass is 178 g/mol. The van der Waals surface area contributed by atoms with Crippen molar-refractivity contribution >= 4 is 5.82 Å². The van der Waals surface area contributed by atoms with Gasteiger partial charge in [0, 0.05) is 20.3 Å². The second-order valence-corrected chi connectivity index (χ2v) is 3.97. The molecule has 2 nitrogen and oxygen atoms in total. The van der Waals surface area contributed by atoms with Gasteiger partial charge in [-0.25, -0.2) is 4.98 Å². The molecule has 0 fully saturated rings.